The van der Waals surface area contributed by atoms with Crippen LogP contribution in [0.15, 0.2) is 15.9 Å². The molecule has 0 saturated heterocycles. The Balaban J connectivity index is 2.50. The minimum absolute atomic E-state index is 0.120. The van der Waals surface area contributed by atoms with Gasteiger partial charge in [0.1, 0.15) is 0 Å². The van der Waals surface area contributed by atoms with Crippen LogP contribution in [0.1, 0.15) is 18.7 Å². The Kier molecular flexibility index (Phi) is 6.53. The van der Waals surface area contributed by atoms with E-state index in [-0.39, 0.29) is 12.3 Å². The Labute approximate surface area is 109 Å². The third-order valence-electron chi connectivity index (χ3n) is 2.07. The summed E-state index contributed by atoms with van der Waals surface area (Å²) >= 11 is 5.12. The summed E-state index contributed by atoms with van der Waals surface area (Å²) in [6.45, 7) is 5.12. The first kappa shape index (κ1) is 14.1. The van der Waals surface area contributed by atoms with Crippen molar-refractivity contribution in [3.05, 3.63) is 20.8 Å². The van der Waals surface area contributed by atoms with E-state index >= 15 is 0 Å². The van der Waals surface area contributed by atoms with Crippen molar-refractivity contribution < 1.29 is 9.47 Å². The van der Waals surface area contributed by atoms with Crippen molar-refractivity contribution >= 4 is 27.3 Å². The summed E-state index contributed by atoms with van der Waals surface area (Å²) < 4.78 is 12.0. The van der Waals surface area contributed by atoms with Gasteiger partial charge in [0.15, 0.2) is 6.29 Å². The molecule has 1 rings (SSSR count). The highest BCUT2D eigenvalue weighted by Crippen LogP contribution is 2.21. The number of thiophene rings is 1. The number of nitrogens with two attached hydrogens (primary N) is 1. The second kappa shape index (κ2) is 7.40. The van der Waals surface area contributed by atoms with E-state index in [0.717, 1.165) is 10.9 Å². The average Bonchev–Trinajstić information content (AvgIpc) is 2.63. The SMILES string of the molecule is CCOC(OCC)C(N)Cc1cc(Br)cs1. The van der Waals surface area contributed by atoms with Crippen molar-refractivity contribution in [1.29, 1.82) is 0 Å². The number of hydrogen-bond donors (Lipinski definition) is 1. The number of rotatable bonds is 7. The van der Waals surface area contributed by atoms with Crippen LogP contribution in [0.5, 0.6) is 0 Å². The molecule has 0 bridgehead atoms. The van der Waals surface area contributed by atoms with Crippen LogP contribution < -0.4 is 5.73 Å². The lowest BCUT2D eigenvalue weighted by Gasteiger charge is -2.22. The summed E-state index contributed by atoms with van der Waals surface area (Å²) in [4.78, 5) is 1.24. The van der Waals surface area contributed by atoms with Gasteiger partial charge in [0, 0.05) is 34.4 Å². The van der Waals surface area contributed by atoms with Gasteiger partial charge in [-0.1, -0.05) is 0 Å². The molecule has 1 aromatic rings. The van der Waals surface area contributed by atoms with E-state index in [1.807, 2.05) is 13.8 Å². The Morgan fingerprint density at radius 2 is 2.00 bits per heavy atom. The highest BCUT2D eigenvalue weighted by atomic mass is 79.9. The van der Waals surface area contributed by atoms with Gasteiger partial charge < -0.3 is 15.2 Å². The van der Waals surface area contributed by atoms with E-state index in [1.54, 1.807) is 11.3 Å². The Morgan fingerprint density at radius 1 is 1.38 bits per heavy atom. The van der Waals surface area contributed by atoms with Gasteiger partial charge in [0.2, 0.25) is 0 Å². The van der Waals surface area contributed by atoms with E-state index in [9.17, 15) is 0 Å². The van der Waals surface area contributed by atoms with Crippen molar-refractivity contribution in [1.82, 2.24) is 0 Å². The molecule has 0 saturated carbocycles. The predicted molar refractivity (Wildman–Crippen MR) is 70.7 cm³/mol. The molecule has 0 aliphatic carbocycles. The topological polar surface area (TPSA) is 44.5 Å². The average molecular weight is 308 g/mol. The van der Waals surface area contributed by atoms with Crippen molar-refractivity contribution in [3.8, 4) is 0 Å². The summed E-state index contributed by atoms with van der Waals surface area (Å²) in [5, 5.41) is 2.05. The number of ether oxygens (including phenoxy) is 2. The van der Waals surface area contributed by atoms with Gasteiger partial charge in [0.05, 0.1) is 6.04 Å². The quantitative estimate of drug-likeness (QED) is 0.788. The third-order valence-corrected chi connectivity index (χ3v) is 3.79. The van der Waals surface area contributed by atoms with Crippen molar-refractivity contribution in [2.24, 2.45) is 5.73 Å². The van der Waals surface area contributed by atoms with Crippen LogP contribution in [-0.4, -0.2) is 25.5 Å². The fourth-order valence-corrected chi connectivity index (χ4v) is 2.94. The van der Waals surface area contributed by atoms with E-state index < -0.39 is 0 Å². The van der Waals surface area contributed by atoms with Gasteiger partial charge in [-0.05, 0) is 35.8 Å². The van der Waals surface area contributed by atoms with Gasteiger partial charge in [-0.3, -0.25) is 0 Å². The molecule has 2 N–H and O–H groups in total. The monoisotopic (exact) mass is 307 g/mol. The molecular formula is C11H18BrNO2S. The summed E-state index contributed by atoms with van der Waals surface area (Å²) in [6.07, 6.45) is 0.469. The standard InChI is InChI=1S/C11H18BrNO2S/c1-3-14-11(15-4-2)10(13)6-9-5-8(12)7-16-9/h5,7,10-11H,3-4,6,13H2,1-2H3. The summed E-state index contributed by atoms with van der Waals surface area (Å²) in [5.41, 5.74) is 6.07. The van der Waals surface area contributed by atoms with Crippen LogP contribution >= 0.6 is 27.3 Å². The van der Waals surface area contributed by atoms with Crippen molar-refractivity contribution in [2.75, 3.05) is 13.2 Å². The van der Waals surface area contributed by atoms with Gasteiger partial charge in [-0.25, -0.2) is 0 Å². The van der Waals surface area contributed by atoms with Crippen molar-refractivity contribution in [3.63, 3.8) is 0 Å². The molecule has 0 amide bonds. The van der Waals surface area contributed by atoms with Gasteiger partial charge >= 0.3 is 0 Å². The molecule has 5 heteroatoms. The fourth-order valence-electron chi connectivity index (χ4n) is 1.41. The van der Waals surface area contributed by atoms with Gasteiger partial charge in [0.25, 0.3) is 0 Å². The second-order valence-electron chi connectivity index (χ2n) is 3.38. The number of halogens is 1. The molecule has 0 spiro atoms. The first-order valence-corrected chi connectivity index (χ1v) is 7.06. The summed E-state index contributed by atoms with van der Waals surface area (Å²) in [5.74, 6) is 0. The highest BCUT2D eigenvalue weighted by molar-refractivity contribution is 9.10. The Bertz CT molecular complexity index is 300. The van der Waals surface area contributed by atoms with Gasteiger partial charge in [-0.15, -0.1) is 11.3 Å². The Morgan fingerprint density at radius 3 is 2.44 bits per heavy atom. The van der Waals surface area contributed by atoms with Crippen LogP contribution in [0, 0.1) is 0 Å². The molecular weight excluding hydrogens is 290 g/mol. The lowest BCUT2D eigenvalue weighted by Crippen LogP contribution is -2.40. The maximum Gasteiger partial charge on any atom is 0.172 e. The van der Waals surface area contributed by atoms with E-state index in [1.165, 1.54) is 4.88 Å². The minimum atomic E-state index is -0.309. The molecule has 1 atom stereocenters. The smallest absolute Gasteiger partial charge is 0.172 e. The minimum Gasteiger partial charge on any atom is -0.351 e. The molecule has 0 radical (unpaired) electrons. The molecule has 3 nitrogen and oxygen atoms in total. The zero-order chi connectivity index (χ0) is 12.0. The van der Waals surface area contributed by atoms with E-state index in [0.29, 0.717) is 13.2 Å². The molecule has 0 aromatic carbocycles. The Hall–Kier alpha value is 0.0600. The molecule has 92 valence electrons. The first-order valence-electron chi connectivity index (χ1n) is 5.39. The lowest BCUT2D eigenvalue weighted by molar-refractivity contribution is -0.147. The summed E-state index contributed by atoms with van der Waals surface area (Å²) in [6, 6.07) is 1.96. The van der Waals surface area contributed by atoms with Crippen LogP contribution in [0.3, 0.4) is 0 Å². The molecule has 0 fully saturated rings. The van der Waals surface area contributed by atoms with Crippen molar-refractivity contribution in [2.45, 2.75) is 32.6 Å². The molecule has 16 heavy (non-hydrogen) atoms. The van der Waals surface area contributed by atoms with E-state index in [4.69, 9.17) is 15.2 Å². The number of hydrogen-bond acceptors (Lipinski definition) is 4. The molecule has 1 unspecified atom stereocenters. The summed E-state index contributed by atoms with van der Waals surface area (Å²) in [7, 11) is 0. The van der Waals surface area contributed by atoms with Gasteiger partial charge in [-0.2, -0.15) is 0 Å². The molecule has 1 heterocycles. The zero-order valence-electron chi connectivity index (χ0n) is 9.61. The molecule has 0 aliphatic rings. The van der Waals surface area contributed by atoms with Crippen LogP contribution in [0.2, 0.25) is 0 Å². The maximum absolute atomic E-state index is 6.07. The molecule has 1 aromatic heterocycles. The molecule has 0 aliphatic heterocycles. The zero-order valence-corrected chi connectivity index (χ0v) is 12.0. The second-order valence-corrected chi connectivity index (χ2v) is 5.29. The third kappa shape index (κ3) is 4.51. The lowest BCUT2D eigenvalue weighted by atomic mass is 10.2. The van der Waals surface area contributed by atoms with Crippen LogP contribution in [0.25, 0.3) is 0 Å². The van der Waals surface area contributed by atoms with Crippen LogP contribution in [0.4, 0.5) is 0 Å². The highest BCUT2D eigenvalue weighted by Gasteiger charge is 2.19. The predicted octanol–water partition coefficient (Wildman–Crippen LogP) is 2.78. The normalized spacial score (nSPS) is 13.3. The largest absolute Gasteiger partial charge is 0.351 e. The van der Waals surface area contributed by atoms with Crippen LogP contribution in [-0.2, 0) is 15.9 Å². The fraction of sp³-hybridized carbons (Fsp3) is 0.636. The maximum atomic E-state index is 6.07. The van der Waals surface area contributed by atoms with E-state index in [2.05, 4.69) is 27.4 Å². The first-order chi connectivity index (χ1) is 7.67.